The Balaban J connectivity index is 1.58. The van der Waals surface area contributed by atoms with Crippen molar-refractivity contribution in [2.24, 2.45) is 11.8 Å². The lowest BCUT2D eigenvalue weighted by atomic mass is 9.80. The summed E-state index contributed by atoms with van der Waals surface area (Å²) < 4.78 is 37.9. The van der Waals surface area contributed by atoms with Gasteiger partial charge in [0.2, 0.25) is 0 Å². The first-order chi connectivity index (χ1) is 17.8. The van der Waals surface area contributed by atoms with Gasteiger partial charge in [-0.2, -0.15) is 0 Å². The number of hydrogen-bond donors (Lipinski definition) is 0. The number of methoxy groups -OCH3 is 2. The van der Waals surface area contributed by atoms with Crippen LogP contribution in [0.15, 0.2) is 77.5 Å². The first-order valence-corrected chi connectivity index (χ1v) is 13.8. The fourth-order valence-electron chi connectivity index (χ4n) is 5.06. The molecule has 37 heavy (non-hydrogen) atoms. The van der Waals surface area contributed by atoms with Crippen molar-refractivity contribution in [3.63, 3.8) is 0 Å². The molecule has 9 heteroatoms. The standard InChI is InChI=1S/C28H32N2O6S/c1-4-20-18-29(17-15-24(20)26(27(31)35-2)28(32)36-3)16-14-21-19-30(25-13-9-8-12-23(21)25)37(33,34)22-10-6-5-7-11-22/h5-13,18-19,24,26H,4,14-17H2,1-3H3. The van der Waals surface area contributed by atoms with Crippen molar-refractivity contribution in [2.75, 3.05) is 27.3 Å². The summed E-state index contributed by atoms with van der Waals surface area (Å²) in [5.41, 5.74) is 2.57. The lowest BCUT2D eigenvalue weighted by Crippen LogP contribution is -2.39. The number of ether oxygens (including phenoxy) is 2. The van der Waals surface area contributed by atoms with E-state index in [0.29, 0.717) is 37.9 Å². The molecule has 0 fully saturated rings. The summed E-state index contributed by atoms with van der Waals surface area (Å²) >= 11 is 0. The molecule has 0 aliphatic carbocycles. The van der Waals surface area contributed by atoms with Crippen LogP contribution < -0.4 is 0 Å². The quantitative estimate of drug-likeness (QED) is 0.308. The van der Waals surface area contributed by atoms with Crippen molar-refractivity contribution >= 4 is 32.9 Å². The van der Waals surface area contributed by atoms with Crippen LogP contribution in [0.5, 0.6) is 0 Å². The van der Waals surface area contributed by atoms with Gasteiger partial charge in [0.15, 0.2) is 5.92 Å². The van der Waals surface area contributed by atoms with E-state index < -0.39 is 27.9 Å². The van der Waals surface area contributed by atoms with Crippen LogP contribution in [0.3, 0.4) is 0 Å². The van der Waals surface area contributed by atoms with Crippen molar-refractivity contribution in [3.05, 3.63) is 78.1 Å². The lowest BCUT2D eigenvalue weighted by Gasteiger charge is -2.34. The molecule has 0 saturated carbocycles. The molecule has 1 aliphatic rings. The summed E-state index contributed by atoms with van der Waals surface area (Å²) in [4.78, 5) is 27.1. The number of para-hydroxylation sites is 1. The zero-order valence-electron chi connectivity index (χ0n) is 21.3. The normalized spacial score (nSPS) is 16.1. The summed E-state index contributed by atoms with van der Waals surface area (Å²) in [6, 6.07) is 15.9. The fourth-order valence-corrected chi connectivity index (χ4v) is 6.47. The Morgan fingerprint density at radius 2 is 1.65 bits per heavy atom. The highest BCUT2D eigenvalue weighted by Gasteiger charge is 2.39. The Hall–Kier alpha value is -3.59. The number of nitrogens with zero attached hydrogens (tertiary/aromatic N) is 2. The molecule has 196 valence electrons. The van der Waals surface area contributed by atoms with E-state index in [1.807, 2.05) is 37.4 Å². The Bertz CT molecular complexity index is 1390. The van der Waals surface area contributed by atoms with Gasteiger partial charge in [-0.15, -0.1) is 0 Å². The minimum absolute atomic E-state index is 0.241. The summed E-state index contributed by atoms with van der Waals surface area (Å²) in [5.74, 6) is -2.43. The van der Waals surface area contributed by atoms with Crippen LogP contribution in [-0.2, 0) is 35.5 Å². The Morgan fingerprint density at radius 1 is 1.00 bits per heavy atom. The van der Waals surface area contributed by atoms with E-state index in [4.69, 9.17) is 9.47 Å². The molecule has 4 rings (SSSR count). The molecule has 8 nitrogen and oxygen atoms in total. The average molecular weight is 525 g/mol. The highest BCUT2D eigenvalue weighted by molar-refractivity contribution is 7.90. The first kappa shape index (κ1) is 26.5. The fraction of sp³-hybridized carbons (Fsp3) is 0.357. The van der Waals surface area contributed by atoms with E-state index in [0.717, 1.165) is 16.5 Å². The molecule has 1 atom stereocenters. The van der Waals surface area contributed by atoms with Gasteiger partial charge in [0, 0.05) is 30.6 Å². The molecule has 0 radical (unpaired) electrons. The SMILES string of the molecule is CCC1=CN(CCc2cn(S(=O)(=O)c3ccccc3)c3ccccc23)CCC1C(C(=O)OC)C(=O)OC. The first-order valence-electron chi connectivity index (χ1n) is 12.3. The third-order valence-electron chi connectivity index (χ3n) is 7.00. The second-order valence-corrected chi connectivity index (χ2v) is 10.9. The molecular formula is C28H32N2O6S. The summed E-state index contributed by atoms with van der Waals surface area (Å²) in [6.45, 7) is 3.31. The van der Waals surface area contributed by atoms with Crippen molar-refractivity contribution in [3.8, 4) is 0 Å². The summed E-state index contributed by atoms with van der Waals surface area (Å²) in [6.07, 6.45) is 5.66. The Labute approximate surface area is 217 Å². The third kappa shape index (κ3) is 5.27. The number of aromatic nitrogens is 1. The Kier molecular flexibility index (Phi) is 8.02. The van der Waals surface area contributed by atoms with Crippen molar-refractivity contribution < 1.29 is 27.5 Å². The van der Waals surface area contributed by atoms with Gasteiger partial charge < -0.3 is 14.4 Å². The predicted molar refractivity (Wildman–Crippen MR) is 140 cm³/mol. The number of esters is 2. The maximum absolute atomic E-state index is 13.4. The zero-order valence-corrected chi connectivity index (χ0v) is 22.1. The van der Waals surface area contributed by atoms with E-state index >= 15 is 0 Å². The smallest absolute Gasteiger partial charge is 0.320 e. The second kappa shape index (κ2) is 11.2. The molecule has 0 saturated heterocycles. The van der Waals surface area contributed by atoms with Crippen LogP contribution in [0.4, 0.5) is 0 Å². The lowest BCUT2D eigenvalue weighted by molar-refractivity contribution is -0.161. The zero-order chi connectivity index (χ0) is 26.6. The number of hydrogen-bond acceptors (Lipinski definition) is 7. The summed E-state index contributed by atoms with van der Waals surface area (Å²) in [5, 5.41) is 0.896. The topological polar surface area (TPSA) is 94.9 Å². The van der Waals surface area contributed by atoms with Gasteiger partial charge in [-0.25, -0.2) is 12.4 Å². The van der Waals surface area contributed by atoms with Gasteiger partial charge in [-0.05, 0) is 54.8 Å². The number of allylic oxidation sites excluding steroid dienone is 1. The molecule has 0 bridgehead atoms. The number of rotatable bonds is 9. The molecule has 3 aromatic rings. The van der Waals surface area contributed by atoms with Crippen LogP contribution in [-0.4, -0.2) is 56.5 Å². The van der Waals surface area contributed by atoms with Gasteiger partial charge in [0.1, 0.15) is 0 Å². The number of carbonyl (C=O) groups excluding carboxylic acids is 2. The minimum Gasteiger partial charge on any atom is -0.468 e. The highest BCUT2D eigenvalue weighted by Crippen LogP contribution is 2.33. The monoisotopic (exact) mass is 524 g/mol. The van der Waals surface area contributed by atoms with E-state index in [1.165, 1.54) is 18.2 Å². The molecule has 2 heterocycles. The maximum Gasteiger partial charge on any atom is 0.320 e. The number of fused-ring (bicyclic) bond motifs is 1. The van der Waals surface area contributed by atoms with Gasteiger partial charge in [-0.1, -0.05) is 43.3 Å². The molecule has 0 amide bonds. The van der Waals surface area contributed by atoms with E-state index in [9.17, 15) is 18.0 Å². The molecule has 1 aliphatic heterocycles. The molecule has 0 spiro atoms. The van der Waals surface area contributed by atoms with Gasteiger partial charge in [0.05, 0.1) is 24.6 Å². The highest BCUT2D eigenvalue weighted by atomic mass is 32.2. The van der Waals surface area contributed by atoms with E-state index in [-0.39, 0.29) is 10.8 Å². The van der Waals surface area contributed by atoms with Crippen molar-refractivity contribution in [1.29, 1.82) is 0 Å². The molecule has 2 aromatic carbocycles. The van der Waals surface area contributed by atoms with Crippen LogP contribution in [0.25, 0.3) is 10.9 Å². The van der Waals surface area contributed by atoms with Crippen LogP contribution >= 0.6 is 0 Å². The van der Waals surface area contributed by atoms with Gasteiger partial charge in [-0.3, -0.25) is 9.59 Å². The largest absolute Gasteiger partial charge is 0.468 e. The van der Waals surface area contributed by atoms with Gasteiger partial charge in [0.25, 0.3) is 10.0 Å². The average Bonchev–Trinajstić information content (AvgIpc) is 3.32. The van der Waals surface area contributed by atoms with Crippen molar-refractivity contribution in [1.82, 2.24) is 8.87 Å². The molecule has 1 unspecified atom stereocenters. The van der Waals surface area contributed by atoms with E-state index in [2.05, 4.69) is 4.90 Å². The maximum atomic E-state index is 13.4. The minimum atomic E-state index is -3.74. The second-order valence-electron chi connectivity index (χ2n) is 9.05. The van der Waals surface area contributed by atoms with Crippen molar-refractivity contribution in [2.45, 2.75) is 31.1 Å². The third-order valence-corrected chi connectivity index (χ3v) is 8.69. The molecular weight excluding hydrogens is 492 g/mol. The van der Waals surface area contributed by atoms with Crippen LogP contribution in [0.1, 0.15) is 25.3 Å². The van der Waals surface area contributed by atoms with Gasteiger partial charge >= 0.3 is 11.9 Å². The summed E-state index contributed by atoms with van der Waals surface area (Å²) in [7, 11) is -1.19. The Morgan fingerprint density at radius 3 is 2.30 bits per heavy atom. The number of benzene rings is 2. The van der Waals surface area contributed by atoms with E-state index in [1.54, 1.807) is 36.5 Å². The van der Waals surface area contributed by atoms with Crippen LogP contribution in [0.2, 0.25) is 0 Å². The number of carbonyl (C=O) groups is 2. The molecule has 1 aromatic heterocycles. The molecule has 0 N–H and O–H groups in total. The predicted octanol–water partition coefficient (Wildman–Crippen LogP) is 4.00. The van der Waals surface area contributed by atoms with Crippen LogP contribution in [0, 0.1) is 11.8 Å².